The number of halogens is 3. The monoisotopic (exact) mass is 521 g/mol. The highest BCUT2D eigenvalue weighted by Crippen LogP contribution is 2.46. The summed E-state index contributed by atoms with van der Waals surface area (Å²) in [7, 11) is -4.17. The van der Waals surface area contributed by atoms with E-state index in [1.54, 1.807) is 54.6 Å². The molecule has 4 rings (SSSR count). The molecule has 3 aromatic rings. The van der Waals surface area contributed by atoms with Crippen molar-refractivity contribution < 1.29 is 18.3 Å². The maximum atomic E-state index is 14.0. The lowest BCUT2D eigenvalue weighted by Crippen LogP contribution is -2.42. The fourth-order valence-corrected chi connectivity index (χ4v) is 6.21. The minimum Gasteiger partial charge on any atom is -0.478 e. The van der Waals surface area contributed by atoms with Crippen LogP contribution in [0.4, 0.5) is 0 Å². The van der Waals surface area contributed by atoms with Gasteiger partial charge in [-0.15, -0.1) is 0 Å². The van der Waals surface area contributed by atoms with Gasteiger partial charge in [-0.25, -0.2) is 13.2 Å². The van der Waals surface area contributed by atoms with E-state index in [2.05, 4.69) is 0 Å². The van der Waals surface area contributed by atoms with Crippen molar-refractivity contribution in [3.05, 3.63) is 111 Å². The van der Waals surface area contributed by atoms with Crippen LogP contribution in [-0.4, -0.2) is 23.8 Å². The molecule has 0 aromatic heterocycles. The van der Waals surface area contributed by atoms with Crippen molar-refractivity contribution in [2.45, 2.75) is 23.4 Å². The van der Waals surface area contributed by atoms with Crippen molar-refractivity contribution in [3.8, 4) is 0 Å². The zero-order chi connectivity index (χ0) is 23.8. The van der Waals surface area contributed by atoms with Crippen LogP contribution < -0.4 is 0 Å². The minimum atomic E-state index is -4.17. The summed E-state index contributed by atoms with van der Waals surface area (Å²) in [6.07, 6.45) is 1.74. The molecule has 170 valence electrons. The largest absolute Gasteiger partial charge is 0.478 e. The van der Waals surface area contributed by atoms with Crippen molar-refractivity contribution >= 4 is 50.8 Å². The first kappa shape index (κ1) is 23.8. The molecule has 0 fully saturated rings. The molecule has 1 heterocycles. The zero-order valence-electron chi connectivity index (χ0n) is 17.0. The van der Waals surface area contributed by atoms with Gasteiger partial charge < -0.3 is 5.11 Å². The van der Waals surface area contributed by atoms with Gasteiger partial charge in [0.15, 0.2) is 0 Å². The number of rotatable bonds is 5. The molecule has 0 bridgehead atoms. The topological polar surface area (TPSA) is 74.7 Å². The van der Waals surface area contributed by atoms with Gasteiger partial charge in [-0.3, -0.25) is 0 Å². The number of carbonyl (C=O) groups is 1. The molecule has 1 aliphatic heterocycles. The third-order valence-corrected chi connectivity index (χ3v) is 8.10. The van der Waals surface area contributed by atoms with Crippen LogP contribution in [0.25, 0.3) is 0 Å². The van der Waals surface area contributed by atoms with E-state index in [4.69, 9.17) is 34.8 Å². The Morgan fingerprint density at radius 1 is 0.848 bits per heavy atom. The van der Waals surface area contributed by atoms with Crippen molar-refractivity contribution in [3.63, 3.8) is 0 Å². The van der Waals surface area contributed by atoms with E-state index in [1.807, 2.05) is 0 Å². The lowest BCUT2D eigenvalue weighted by molar-refractivity contribution is -0.133. The second kappa shape index (κ2) is 9.49. The molecule has 1 N–H and O–H groups in total. The molecule has 5 nitrogen and oxygen atoms in total. The molecule has 3 aromatic carbocycles. The Morgan fingerprint density at radius 3 is 2.03 bits per heavy atom. The van der Waals surface area contributed by atoms with Gasteiger partial charge in [0.25, 0.3) is 0 Å². The Labute approximate surface area is 206 Å². The first-order chi connectivity index (χ1) is 15.7. The number of sulfonamides is 1. The fraction of sp³-hybridized carbons (Fsp3) is 0.125. The summed E-state index contributed by atoms with van der Waals surface area (Å²) in [4.78, 5) is 12.2. The molecule has 33 heavy (non-hydrogen) atoms. The second-order valence-electron chi connectivity index (χ2n) is 7.51. The van der Waals surface area contributed by atoms with Gasteiger partial charge in [0.1, 0.15) is 0 Å². The Bertz CT molecular complexity index is 1320. The molecule has 0 amide bonds. The quantitative estimate of drug-likeness (QED) is 0.413. The Morgan fingerprint density at radius 2 is 1.45 bits per heavy atom. The predicted molar refractivity (Wildman–Crippen MR) is 129 cm³/mol. The number of hydrogen-bond donors (Lipinski definition) is 1. The molecule has 9 heteroatoms. The van der Waals surface area contributed by atoms with Crippen LogP contribution in [0, 0.1) is 0 Å². The van der Waals surface area contributed by atoms with E-state index in [9.17, 15) is 18.3 Å². The Kier molecular flexibility index (Phi) is 6.84. The highest BCUT2D eigenvalue weighted by atomic mass is 35.5. The van der Waals surface area contributed by atoms with Gasteiger partial charge in [0.2, 0.25) is 10.0 Å². The molecular weight excluding hydrogens is 505 g/mol. The van der Waals surface area contributed by atoms with E-state index >= 15 is 0 Å². The standard InChI is InChI=1S/C24H18Cl3NO4S/c25-17-6-4-15(5-7-17)22-13-12-21(24(29)30)23(16-2-1-3-19(27)14-16)28(22)33(31,32)20-10-8-18(26)9-11-20/h1-12,14,22-23H,13H2,(H,29,30)/t22-,23-/m0/s1. The van der Waals surface area contributed by atoms with Gasteiger partial charge in [-0.05, 0) is 66.1 Å². The maximum absolute atomic E-state index is 14.0. The number of aliphatic carboxylic acids is 1. The van der Waals surface area contributed by atoms with Crippen LogP contribution >= 0.6 is 34.8 Å². The minimum absolute atomic E-state index is 0.00419. The molecule has 0 aliphatic carbocycles. The van der Waals surface area contributed by atoms with Crippen LogP contribution in [-0.2, 0) is 14.8 Å². The molecule has 0 saturated heterocycles. The van der Waals surface area contributed by atoms with Gasteiger partial charge in [-0.2, -0.15) is 4.31 Å². The number of nitrogens with zero attached hydrogens (tertiary/aromatic N) is 1. The van der Waals surface area contributed by atoms with Crippen LogP contribution in [0.5, 0.6) is 0 Å². The molecule has 0 spiro atoms. The summed E-state index contributed by atoms with van der Waals surface area (Å²) < 4.78 is 29.2. The summed E-state index contributed by atoms with van der Waals surface area (Å²) in [6.45, 7) is 0. The average Bonchev–Trinajstić information content (AvgIpc) is 2.79. The van der Waals surface area contributed by atoms with Crippen molar-refractivity contribution in [2.75, 3.05) is 0 Å². The van der Waals surface area contributed by atoms with Crippen LogP contribution in [0.3, 0.4) is 0 Å². The third-order valence-electron chi connectivity index (χ3n) is 5.47. The normalized spacial score (nSPS) is 19.2. The number of carboxylic acids is 1. The summed E-state index contributed by atoms with van der Waals surface area (Å²) in [5.74, 6) is -1.20. The van der Waals surface area contributed by atoms with Gasteiger partial charge in [0.05, 0.1) is 22.6 Å². The van der Waals surface area contributed by atoms with E-state index in [-0.39, 0.29) is 16.9 Å². The lowest BCUT2D eigenvalue weighted by atomic mass is 9.89. The summed E-state index contributed by atoms with van der Waals surface area (Å²) in [5, 5.41) is 11.2. The summed E-state index contributed by atoms with van der Waals surface area (Å²) in [6, 6.07) is 17.4. The van der Waals surface area contributed by atoms with Gasteiger partial charge in [0, 0.05) is 15.1 Å². The van der Waals surface area contributed by atoms with E-state index in [1.165, 1.54) is 28.6 Å². The van der Waals surface area contributed by atoms with E-state index < -0.39 is 28.1 Å². The number of carboxylic acid groups (broad SMARTS) is 1. The molecule has 0 saturated carbocycles. The summed E-state index contributed by atoms with van der Waals surface area (Å²) >= 11 is 18.2. The third kappa shape index (κ3) is 4.81. The average molecular weight is 523 g/mol. The highest BCUT2D eigenvalue weighted by molar-refractivity contribution is 7.89. The van der Waals surface area contributed by atoms with Gasteiger partial charge >= 0.3 is 5.97 Å². The molecule has 0 unspecified atom stereocenters. The first-order valence-corrected chi connectivity index (χ1v) is 12.5. The number of benzene rings is 3. The van der Waals surface area contributed by atoms with Crippen molar-refractivity contribution in [1.82, 2.24) is 4.31 Å². The first-order valence-electron chi connectivity index (χ1n) is 9.92. The maximum Gasteiger partial charge on any atom is 0.333 e. The van der Waals surface area contributed by atoms with Crippen LogP contribution in [0.15, 0.2) is 89.3 Å². The van der Waals surface area contributed by atoms with Crippen LogP contribution in [0.1, 0.15) is 29.6 Å². The molecular formula is C24H18Cl3NO4S. The molecule has 2 atom stereocenters. The smallest absolute Gasteiger partial charge is 0.333 e. The number of hydrogen-bond acceptors (Lipinski definition) is 3. The van der Waals surface area contributed by atoms with Crippen molar-refractivity contribution in [1.29, 1.82) is 0 Å². The molecule has 1 aliphatic rings. The molecule has 0 radical (unpaired) electrons. The van der Waals surface area contributed by atoms with E-state index in [0.29, 0.717) is 26.2 Å². The summed E-state index contributed by atoms with van der Waals surface area (Å²) in [5.41, 5.74) is 1.09. The fourth-order valence-electron chi connectivity index (χ4n) is 3.98. The van der Waals surface area contributed by atoms with Gasteiger partial charge in [-0.1, -0.05) is 65.1 Å². The SMILES string of the molecule is O=C(O)C1=CC[C@@H](c2ccc(Cl)cc2)N(S(=O)(=O)c2ccc(Cl)cc2)[C@H]1c1cccc(Cl)c1. The van der Waals surface area contributed by atoms with Crippen LogP contribution in [0.2, 0.25) is 15.1 Å². The highest BCUT2D eigenvalue weighted by Gasteiger charge is 2.44. The Balaban J connectivity index is 1.97. The lowest BCUT2D eigenvalue weighted by Gasteiger charge is -2.40. The zero-order valence-corrected chi connectivity index (χ0v) is 20.1. The predicted octanol–water partition coefficient (Wildman–Crippen LogP) is 6.53. The second-order valence-corrected chi connectivity index (χ2v) is 10.7. The van der Waals surface area contributed by atoms with Crippen molar-refractivity contribution in [2.24, 2.45) is 0 Å². The Hall–Kier alpha value is -2.35. The van der Waals surface area contributed by atoms with E-state index in [0.717, 1.165) is 0 Å².